The highest BCUT2D eigenvalue weighted by Gasteiger charge is 2.16. The third-order valence-corrected chi connectivity index (χ3v) is 6.24. The van der Waals surface area contributed by atoms with E-state index < -0.39 is 0 Å². The Hall–Kier alpha value is -2.66. The Labute approximate surface area is 198 Å². The molecule has 4 nitrogen and oxygen atoms in total. The van der Waals surface area contributed by atoms with Gasteiger partial charge in [0, 0.05) is 38.3 Å². The van der Waals surface area contributed by atoms with Gasteiger partial charge >= 0.3 is 0 Å². The van der Waals surface area contributed by atoms with Crippen molar-refractivity contribution in [2.45, 2.75) is 26.4 Å². The van der Waals surface area contributed by atoms with E-state index >= 15 is 0 Å². The Balaban J connectivity index is 1.12. The van der Waals surface area contributed by atoms with Crippen molar-refractivity contribution in [1.82, 2.24) is 9.80 Å². The third-order valence-electron chi connectivity index (χ3n) is 6.24. The van der Waals surface area contributed by atoms with Gasteiger partial charge in [0.2, 0.25) is 0 Å². The summed E-state index contributed by atoms with van der Waals surface area (Å²) in [4.78, 5) is 5.12. The van der Waals surface area contributed by atoms with Crippen molar-refractivity contribution >= 4 is 0 Å². The Bertz CT molecular complexity index is 968. The van der Waals surface area contributed by atoms with Crippen LogP contribution in [0, 0.1) is 6.92 Å². The van der Waals surface area contributed by atoms with Crippen LogP contribution in [0.15, 0.2) is 78.9 Å². The van der Waals surface area contributed by atoms with Crippen LogP contribution in [0.1, 0.15) is 23.1 Å². The van der Waals surface area contributed by atoms with Gasteiger partial charge in [0.1, 0.15) is 11.5 Å². The van der Waals surface area contributed by atoms with Gasteiger partial charge in [-0.15, -0.1) is 0 Å². The summed E-state index contributed by atoms with van der Waals surface area (Å²) in [6.45, 7) is 10.2. The van der Waals surface area contributed by atoms with E-state index in [0.29, 0.717) is 6.61 Å². The Morgan fingerprint density at radius 2 is 1.48 bits per heavy atom. The second-order valence-corrected chi connectivity index (χ2v) is 8.85. The maximum Gasteiger partial charge on any atom is 0.132 e. The van der Waals surface area contributed by atoms with Crippen LogP contribution in [0.2, 0.25) is 0 Å². The first-order chi connectivity index (χ1) is 16.3. The predicted molar refractivity (Wildman–Crippen MR) is 135 cm³/mol. The molecule has 1 saturated heterocycles. The van der Waals surface area contributed by atoms with Crippen molar-refractivity contribution in [2.24, 2.45) is 0 Å². The van der Waals surface area contributed by atoms with Crippen LogP contribution in [0.5, 0.6) is 11.5 Å². The van der Waals surface area contributed by atoms with Crippen molar-refractivity contribution in [3.63, 3.8) is 0 Å². The lowest BCUT2D eigenvalue weighted by atomic mass is 10.1. The highest BCUT2D eigenvalue weighted by atomic mass is 16.5. The molecule has 0 atom stereocenters. The molecule has 4 heteroatoms. The summed E-state index contributed by atoms with van der Waals surface area (Å²) in [7, 11) is 0. The highest BCUT2D eigenvalue weighted by molar-refractivity contribution is 5.37. The van der Waals surface area contributed by atoms with Crippen LogP contribution >= 0.6 is 0 Å². The van der Waals surface area contributed by atoms with Crippen LogP contribution in [-0.2, 0) is 17.8 Å². The Kier molecular flexibility index (Phi) is 8.93. The van der Waals surface area contributed by atoms with Crippen molar-refractivity contribution in [2.75, 3.05) is 45.9 Å². The molecule has 1 aliphatic rings. The zero-order chi connectivity index (χ0) is 22.7. The van der Waals surface area contributed by atoms with E-state index in [0.717, 1.165) is 56.4 Å². The van der Waals surface area contributed by atoms with E-state index in [9.17, 15) is 0 Å². The normalized spacial score (nSPS) is 14.9. The number of piperazine rings is 1. The van der Waals surface area contributed by atoms with Crippen molar-refractivity contribution in [1.29, 1.82) is 0 Å². The minimum absolute atomic E-state index is 0.571. The summed E-state index contributed by atoms with van der Waals surface area (Å²) in [5.41, 5.74) is 3.90. The molecule has 0 N–H and O–H groups in total. The third kappa shape index (κ3) is 7.71. The van der Waals surface area contributed by atoms with Crippen LogP contribution in [0.3, 0.4) is 0 Å². The minimum Gasteiger partial charge on any atom is -0.457 e. The quantitative estimate of drug-likeness (QED) is 0.362. The molecule has 4 rings (SSSR count). The van der Waals surface area contributed by atoms with Crippen LogP contribution in [0.4, 0.5) is 0 Å². The summed E-state index contributed by atoms with van der Waals surface area (Å²) < 4.78 is 12.1. The molecule has 174 valence electrons. The number of ether oxygens (including phenoxy) is 2. The minimum atomic E-state index is 0.571. The van der Waals surface area contributed by atoms with Gasteiger partial charge in [-0.3, -0.25) is 4.90 Å². The van der Waals surface area contributed by atoms with E-state index in [2.05, 4.69) is 47.1 Å². The van der Waals surface area contributed by atoms with Gasteiger partial charge in [0.25, 0.3) is 0 Å². The molecule has 0 bridgehead atoms. The molecule has 1 aliphatic heterocycles. The largest absolute Gasteiger partial charge is 0.457 e. The standard InChI is InChI=1S/C29H36N2O2/c1-25-9-7-10-26(23-25)11-8-16-30-17-19-31(20-18-30)21-22-32-24-27-12-5-6-15-29(27)33-28-13-3-2-4-14-28/h2-7,9-10,12-15,23H,8,11,16-22,24H2,1H3. The molecular weight excluding hydrogens is 408 g/mol. The number of rotatable bonds is 11. The maximum absolute atomic E-state index is 6.04. The number of hydrogen-bond acceptors (Lipinski definition) is 4. The van der Waals surface area contributed by atoms with Gasteiger partial charge in [0.05, 0.1) is 13.2 Å². The number of benzene rings is 3. The number of hydrogen-bond donors (Lipinski definition) is 0. The van der Waals surface area contributed by atoms with E-state index in [1.54, 1.807) is 0 Å². The zero-order valence-electron chi connectivity index (χ0n) is 19.8. The first-order valence-electron chi connectivity index (χ1n) is 12.1. The fraction of sp³-hybridized carbons (Fsp3) is 0.379. The summed E-state index contributed by atoms with van der Waals surface area (Å²) in [5, 5.41) is 0. The maximum atomic E-state index is 6.04. The Morgan fingerprint density at radius 3 is 2.27 bits per heavy atom. The fourth-order valence-corrected chi connectivity index (χ4v) is 4.32. The van der Waals surface area contributed by atoms with Gasteiger partial charge in [-0.25, -0.2) is 0 Å². The predicted octanol–water partition coefficient (Wildman–Crippen LogP) is 5.55. The van der Waals surface area contributed by atoms with Crippen LogP contribution in [0.25, 0.3) is 0 Å². The van der Waals surface area contributed by atoms with E-state index in [1.165, 1.54) is 30.5 Å². The molecule has 0 saturated carbocycles. The second-order valence-electron chi connectivity index (χ2n) is 8.85. The number of para-hydroxylation sites is 2. The molecule has 33 heavy (non-hydrogen) atoms. The summed E-state index contributed by atoms with van der Waals surface area (Å²) in [6, 6.07) is 26.9. The van der Waals surface area contributed by atoms with Crippen LogP contribution < -0.4 is 4.74 Å². The lowest BCUT2D eigenvalue weighted by molar-refractivity contribution is 0.0676. The first-order valence-corrected chi connectivity index (χ1v) is 12.1. The van der Waals surface area contributed by atoms with Gasteiger partial charge < -0.3 is 14.4 Å². The fourth-order valence-electron chi connectivity index (χ4n) is 4.32. The Morgan fingerprint density at radius 1 is 0.758 bits per heavy atom. The summed E-state index contributed by atoms with van der Waals surface area (Å²) in [5.74, 6) is 1.71. The van der Waals surface area contributed by atoms with Gasteiger partial charge in [-0.05, 0) is 50.1 Å². The van der Waals surface area contributed by atoms with Gasteiger partial charge in [-0.1, -0.05) is 66.2 Å². The molecule has 0 aromatic heterocycles. The van der Waals surface area contributed by atoms with Gasteiger partial charge in [-0.2, -0.15) is 0 Å². The smallest absolute Gasteiger partial charge is 0.132 e. The average Bonchev–Trinajstić information content (AvgIpc) is 2.84. The SMILES string of the molecule is Cc1cccc(CCCN2CCN(CCOCc3ccccc3Oc3ccccc3)CC2)c1. The van der Waals surface area contributed by atoms with E-state index in [-0.39, 0.29) is 0 Å². The molecule has 3 aromatic rings. The molecule has 0 unspecified atom stereocenters. The molecule has 3 aromatic carbocycles. The topological polar surface area (TPSA) is 24.9 Å². The molecule has 0 aliphatic carbocycles. The van der Waals surface area contributed by atoms with Crippen LogP contribution in [-0.4, -0.2) is 55.7 Å². The molecule has 0 spiro atoms. The summed E-state index contributed by atoms with van der Waals surface area (Å²) >= 11 is 0. The van der Waals surface area contributed by atoms with Crippen molar-refractivity contribution in [3.8, 4) is 11.5 Å². The van der Waals surface area contributed by atoms with Gasteiger partial charge in [0.15, 0.2) is 0 Å². The first kappa shape index (κ1) is 23.5. The summed E-state index contributed by atoms with van der Waals surface area (Å²) in [6.07, 6.45) is 2.40. The lowest BCUT2D eigenvalue weighted by Gasteiger charge is -2.34. The zero-order valence-corrected chi connectivity index (χ0v) is 19.8. The second kappa shape index (κ2) is 12.5. The molecule has 1 heterocycles. The number of nitrogens with zero attached hydrogens (tertiary/aromatic N) is 2. The molecule has 0 radical (unpaired) electrons. The van der Waals surface area contributed by atoms with Crippen molar-refractivity contribution < 1.29 is 9.47 Å². The average molecular weight is 445 g/mol. The van der Waals surface area contributed by atoms with Crippen molar-refractivity contribution in [3.05, 3.63) is 95.6 Å². The van der Waals surface area contributed by atoms with E-state index in [4.69, 9.17) is 9.47 Å². The number of aryl methyl sites for hydroxylation is 2. The monoisotopic (exact) mass is 444 g/mol. The van der Waals surface area contributed by atoms with E-state index in [1.807, 2.05) is 48.5 Å². The molecule has 1 fully saturated rings. The lowest BCUT2D eigenvalue weighted by Crippen LogP contribution is -2.47. The highest BCUT2D eigenvalue weighted by Crippen LogP contribution is 2.25. The molecular formula is C29H36N2O2. The molecule has 0 amide bonds.